The van der Waals surface area contributed by atoms with Crippen molar-refractivity contribution in [2.75, 3.05) is 14.2 Å². The van der Waals surface area contributed by atoms with Gasteiger partial charge in [-0.3, -0.25) is 0 Å². The molecular formula is C15H17F2NO3. The summed E-state index contributed by atoms with van der Waals surface area (Å²) in [6.07, 6.45) is 0. The second kappa shape index (κ2) is 7.19. The average molecular weight is 297 g/mol. The van der Waals surface area contributed by atoms with Crippen LogP contribution in [0.4, 0.5) is 8.78 Å². The van der Waals surface area contributed by atoms with Crippen molar-refractivity contribution in [3.8, 4) is 5.75 Å². The van der Waals surface area contributed by atoms with Crippen molar-refractivity contribution in [1.29, 1.82) is 0 Å². The number of alkyl halides is 2. The van der Waals surface area contributed by atoms with Gasteiger partial charge in [0.2, 0.25) is 0 Å². The summed E-state index contributed by atoms with van der Waals surface area (Å²) >= 11 is 0. The number of ether oxygens (including phenoxy) is 2. The molecule has 1 N–H and O–H groups in total. The Balaban J connectivity index is 2.16. The Bertz CT molecular complexity index is 554. The zero-order valence-corrected chi connectivity index (χ0v) is 11.8. The number of rotatable bonds is 7. The van der Waals surface area contributed by atoms with E-state index in [1.54, 1.807) is 26.3 Å². The summed E-state index contributed by atoms with van der Waals surface area (Å²) < 4.78 is 39.3. The number of halogens is 2. The highest BCUT2D eigenvalue weighted by Crippen LogP contribution is 2.26. The normalized spacial score (nSPS) is 12.6. The van der Waals surface area contributed by atoms with Gasteiger partial charge in [-0.1, -0.05) is 12.1 Å². The van der Waals surface area contributed by atoms with Gasteiger partial charge in [0, 0.05) is 7.11 Å². The Kier molecular flexibility index (Phi) is 5.30. The zero-order chi connectivity index (χ0) is 15.2. The van der Waals surface area contributed by atoms with Crippen molar-refractivity contribution in [3.05, 3.63) is 53.5 Å². The molecule has 0 spiro atoms. The third-order valence-corrected chi connectivity index (χ3v) is 2.98. The van der Waals surface area contributed by atoms with Crippen LogP contribution in [0.15, 0.2) is 40.8 Å². The predicted octanol–water partition coefficient (Wildman–Crippen LogP) is 3.34. The van der Waals surface area contributed by atoms with Gasteiger partial charge >= 0.3 is 6.61 Å². The molecule has 1 unspecified atom stereocenters. The first kappa shape index (κ1) is 15.5. The number of furan rings is 1. The topological polar surface area (TPSA) is 43.6 Å². The van der Waals surface area contributed by atoms with Gasteiger partial charge in [0.05, 0.1) is 6.04 Å². The van der Waals surface area contributed by atoms with E-state index in [0.29, 0.717) is 6.61 Å². The molecule has 2 aromatic rings. The quantitative estimate of drug-likeness (QED) is 0.851. The summed E-state index contributed by atoms with van der Waals surface area (Å²) in [5.41, 5.74) is 0.887. The fourth-order valence-corrected chi connectivity index (χ4v) is 2.08. The summed E-state index contributed by atoms with van der Waals surface area (Å²) in [6, 6.07) is 9.98. The summed E-state index contributed by atoms with van der Waals surface area (Å²) in [5.74, 6) is 1.58. The minimum absolute atomic E-state index is 0.128. The highest BCUT2D eigenvalue weighted by atomic mass is 19.3. The molecule has 0 amide bonds. The minimum atomic E-state index is -2.82. The third-order valence-electron chi connectivity index (χ3n) is 2.98. The second-order valence-corrected chi connectivity index (χ2v) is 4.41. The van der Waals surface area contributed by atoms with Gasteiger partial charge in [-0.2, -0.15) is 8.78 Å². The number of benzene rings is 1. The molecule has 4 nitrogen and oxygen atoms in total. The Hall–Kier alpha value is -1.92. The Morgan fingerprint density at radius 2 is 1.86 bits per heavy atom. The molecule has 2 rings (SSSR count). The molecule has 114 valence electrons. The molecule has 21 heavy (non-hydrogen) atoms. The summed E-state index contributed by atoms with van der Waals surface area (Å²) in [6.45, 7) is -2.42. The first-order chi connectivity index (χ1) is 10.1. The molecule has 0 aliphatic carbocycles. The number of methoxy groups -OCH3 is 1. The molecule has 0 radical (unpaired) electrons. The largest absolute Gasteiger partial charge is 0.462 e. The molecule has 1 aromatic heterocycles. The predicted molar refractivity (Wildman–Crippen MR) is 73.4 cm³/mol. The van der Waals surface area contributed by atoms with Crippen molar-refractivity contribution >= 4 is 0 Å². The Morgan fingerprint density at radius 3 is 2.43 bits per heavy atom. The summed E-state index contributed by atoms with van der Waals surface area (Å²) in [5, 5.41) is 3.13. The standard InChI is InChI=1S/C15H17F2NO3/c1-18-14(13-8-7-12(20-13)9-19-2)10-3-5-11(6-4-10)21-15(16)17/h3-8,14-15,18H,9H2,1-2H3. The van der Waals surface area contributed by atoms with Crippen LogP contribution in [-0.4, -0.2) is 20.8 Å². The van der Waals surface area contributed by atoms with E-state index in [-0.39, 0.29) is 11.8 Å². The van der Waals surface area contributed by atoms with E-state index in [0.717, 1.165) is 17.1 Å². The van der Waals surface area contributed by atoms with Crippen molar-refractivity contribution in [2.24, 2.45) is 0 Å². The molecule has 1 heterocycles. The monoisotopic (exact) mass is 297 g/mol. The maximum absolute atomic E-state index is 12.1. The highest BCUT2D eigenvalue weighted by molar-refractivity contribution is 5.33. The lowest BCUT2D eigenvalue weighted by molar-refractivity contribution is -0.0498. The first-order valence-corrected chi connectivity index (χ1v) is 6.43. The van der Waals surface area contributed by atoms with Crippen LogP contribution in [0.5, 0.6) is 5.75 Å². The number of nitrogens with one attached hydrogen (secondary N) is 1. The zero-order valence-electron chi connectivity index (χ0n) is 11.8. The van der Waals surface area contributed by atoms with E-state index in [4.69, 9.17) is 9.15 Å². The van der Waals surface area contributed by atoms with Crippen LogP contribution in [-0.2, 0) is 11.3 Å². The van der Waals surface area contributed by atoms with Crippen molar-refractivity contribution in [1.82, 2.24) is 5.32 Å². The summed E-state index contributed by atoms with van der Waals surface area (Å²) in [4.78, 5) is 0. The number of hydrogen-bond acceptors (Lipinski definition) is 4. The molecule has 0 aliphatic heterocycles. The van der Waals surface area contributed by atoms with Crippen LogP contribution < -0.4 is 10.1 Å². The fraction of sp³-hybridized carbons (Fsp3) is 0.333. The lowest BCUT2D eigenvalue weighted by Gasteiger charge is -2.15. The van der Waals surface area contributed by atoms with Gasteiger partial charge in [-0.25, -0.2) is 0 Å². The van der Waals surface area contributed by atoms with Crippen LogP contribution in [0.2, 0.25) is 0 Å². The van der Waals surface area contributed by atoms with Crippen LogP contribution >= 0.6 is 0 Å². The first-order valence-electron chi connectivity index (χ1n) is 6.43. The van der Waals surface area contributed by atoms with Crippen LogP contribution in [0.3, 0.4) is 0 Å². The maximum atomic E-state index is 12.1. The van der Waals surface area contributed by atoms with Crippen LogP contribution in [0.1, 0.15) is 23.1 Å². The van der Waals surface area contributed by atoms with Crippen molar-refractivity contribution < 1.29 is 22.7 Å². The van der Waals surface area contributed by atoms with Gasteiger partial charge in [-0.05, 0) is 36.9 Å². The maximum Gasteiger partial charge on any atom is 0.387 e. The molecule has 0 saturated heterocycles. The lowest BCUT2D eigenvalue weighted by Crippen LogP contribution is -2.17. The van der Waals surface area contributed by atoms with E-state index in [2.05, 4.69) is 10.1 Å². The molecule has 0 bridgehead atoms. The van der Waals surface area contributed by atoms with Crippen LogP contribution in [0, 0.1) is 0 Å². The van der Waals surface area contributed by atoms with Gasteiger partial charge in [-0.15, -0.1) is 0 Å². The molecule has 1 aromatic carbocycles. The average Bonchev–Trinajstić information content (AvgIpc) is 2.90. The molecular weight excluding hydrogens is 280 g/mol. The third kappa shape index (κ3) is 4.03. The Morgan fingerprint density at radius 1 is 1.14 bits per heavy atom. The Labute approximate surface area is 121 Å². The van der Waals surface area contributed by atoms with Gasteiger partial charge in [0.15, 0.2) is 0 Å². The molecule has 6 heteroatoms. The van der Waals surface area contributed by atoms with E-state index < -0.39 is 6.61 Å². The molecule has 0 saturated carbocycles. The van der Waals surface area contributed by atoms with E-state index in [9.17, 15) is 8.78 Å². The van der Waals surface area contributed by atoms with Crippen molar-refractivity contribution in [2.45, 2.75) is 19.3 Å². The highest BCUT2D eigenvalue weighted by Gasteiger charge is 2.16. The SMILES string of the molecule is CNC(c1ccc(OC(F)F)cc1)c1ccc(COC)o1. The van der Waals surface area contributed by atoms with E-state index in [1.165, 1.54) is 12.1 Å². The van der Waals surface area contributed by atoms with E-state index >= 15 is 0 Å². The van der Waals surface area contributed by atoms with E-state index in [1.807, 2.05) is 12.1 Å². The van der Waals surface area contributed by atoms with Gasteiger partial charge in [0.1, 0.15) is 23.9 Å². The number of hydrogen-bond donors (Lipinski definition) is 1. The van der Waals surface area contributed by atoms with Crippen LogP contribution in [0.25, 0.3) is 0 Å². The lowest BCUT2D eigenvalue weighted by atomic mass is 10.0. The van der Waals surface area contributed by atoms with Gasteiger partial charge in [0.25, 0.3) is 0 Å². The second-order valence-electron chi connectivity index (χ2n) is 4.41. The minimum Gasteiger partial charge on any atom is -0.462 e. The molecule has 1 atom stereocenters. The van der Waals surface area contributed by atoms with Gasteiger partial charge < -0.3 is 19.2 Å². The van der Waals surface area contributed by atoms with Crippen molar-refractivity contribution in [3.63, 3.8) is 0 Å². The fourth-order valence-electron chi connectivity index (χ4n) is 2.08. The molecule has 0 aliphatic rings. The summed E-state index contributed by atoms with van der Waals surface area (Å²) in [7, 11) is 3.40. The smallest absolute Gasteiger partial charge is 0.387 e. The molecule has 0 fully saturated rings.